The van der Waals surface area contributed by atoms with Crippen LogP contribution in [-0.4, -0.2) is 50.1 Å². The van der Waals surface area contributed by atoms with E-state index in [1.54, 1.807) is 24.1 Å². The molecule has 0 bridgehead atoms. The number of anilines is 1. The molecule has 3 aromatic rings. The molecule has 0 aliphatic rings. The second-order valence-corrected chi connectivity index (χ2v) is 7.93. The Balaban J connectivity index is 0.00000280. The number of likely N-dealkylation sites (N-methyl/N-ethyl adjacent to an activating group) is 1. The van der Waals surface area contributed by atoms with Crippen molar-refractivity contribution in [1.29, 1.82) is 0 Å². The van der Waals surface area contributed by atoms with Crippen molar-refractivity contribution in [2.45, 2.75) is 6.92 Å². The third-order valence-electron chi connectivity index (χ3n) is 4.21. The van der Waals surface area contributed by atoms with Gasteiger partial charge >= 0.3 is 0 Å². The lowest BCUT2D eigenvalue weighted by Gasteiger charge is -2.22. The molecule has 0 spiro atoms. The fraction of sp³-hybridized carbons (Fsp3) is 0.300. The predicted molar refractivity (Wildman–Crippen MR) is 120 cm³/mol. The first-order chi connectivity index (χ1) is 12.9. The highest BCUT2D eigenvalue weighted by Gasteiger charge is 2.23. The molecule has 28 heavy (non-hydrogen) atoms. The molecule has 2 aromatic carbocycles. The van der Waals surface area contributed by atoms with Gasteiger partial charge in [-0.25, -0.2) is 4.98 Å². The maximum atomic E-state index is 13.2. The molecule has 0 radical (unpaired) electrons. The molecule has 1 heterocycles. The summed E-state index contributed by atoms with van der Waals surface area (Å²) in [5.41, 5.74) is 2.43. The van der Waals surface area contributed by atoms with Gasteiger partial charge in [-0.3, -0.25) is 9.69 Å². The molecule has 1 aromatic heterocycles. The lowest BCUT2D eigenvalue weighted by molar-refractivity contribution is 0.0985. The number of benzene rings is 2. The van der Waals surface area contributed by atoms with Crippen molar-refractivity contribution in [3.8, 4) is 5.75 Å². The molecule has 0 fully saturated rings. The zero-order chi connectivity index (χ0) is 19.6. The number of methoxy groups -OCH3 is 1. The van der Waals surface area contributed by atoms with Gasteiger partial charge in [0.25, 0.3) is 5.91 Å². The van der Waals surface area contributed by atoms with Crippen molar-refractivity contribution >= 4 is 56.6 Å². The predicted octanol–water partition coefficient (Wildman–Crippen LogP) is 4.90. The Labute approximate surface area is 180 Å². The molecule has 1 amide bonds. The van der Waals surface area contributed by atoms with Gasteiger partial charge in [0, 0.05) is 18.7 Å². The highest BCUT2D eigenvalue weighted by atomic mass is 35.5. The number of aryl methyl sites for hydroxylation is 1. The van der Waals surface area contributed by atoms with E-state index in [9.17, 15) is 4.79 Å². The van der Waals surface area contributed by atoms with Crippen LogP contribution in [0.2, 0.25) is 5.02 Å². The molecule has 0 unspecified atom stereocenters. The SMILES string of the molecule is COc1ccc(Cl)c2sc(N(CCN(C)C)C(=O)c3ccc(C)cc3)nc12.Cl. The molecule has 5 nitrogen and oxygen atoms in total. The Morgan fingerprint density at radius 2 is 1.82 bits per heavy atom. The molecule has 0 aliphatic carbocycles. The van der Waals surface area contributed by atoms with Gasteiger partial charge in [0.1, 0.15) is 11.3 Å². The van der Waals surface area contributed by atoms with Gasteiger partial charge in [-0.15, -0.1) is 12.4 Å². The Morgan fingerprint density at radius 3 is 2.43 bits per heavy atom. The molecule has 3 rings (SSSR count). The number of nitrogens with zero attached hydrogens (tertiary/aromatic N) is 3. The summed E-state index contributed by atoms with van der Waals surface area (Å²) in [4.78, 5) is 21.6. The van der Waals surface area contributed by atoms with Gasteiger partial charge in [-0.05, 0) is 45.3 Å². The first-order valence-corrected chi connectivity index (χ1v) is 9.76. The summed E-state index contributed by atoms with van der Waals surface area (Å²) >= 11 is 7.75. The Hall–Kier alpha value is -1.86. The van der Waals surface area contributed by atoms with Crippen LogP contribution in [0.4, 0.5) is 5.13 Å². The number of halogens is 2. The van der Waals surface area contributed by atoms with Crippen LogP contribution in [0.3, 0.4) is 0 Å². The molecule has 8 heteroatoms. The maximum absolute atomic E-state index is 13.2. The van der Waals surface area contributed by atoms with E-state index < -0.39 is 0 Å². The van der Waals surface area contributed by atoms with Crippen LogP contribution in [0, 0.1) is 6.92 Å². The van der Waals surface area contributed by atoms with Crippen LogP contribution in [-0.2, 0) is 0 Å². The lowest BCUT2D eigenvalue weighted by Crippen LogP contribution is -2.36. The van der Waals surface area contributed by atoms with Crippen molar-refractivity contribution in [1.82, 2.24) is 9.88 Å². The van der Waals surface area contributed by atoms with E-state index in [-0.39, 0.29) is 18.3 Å². The number of thiazole rings is 1. The third kappa shape index (κ3) is 4.75. The van der Waals surface area contributed by atoms with Crippen LogP contribution in [0.15, 0.2) is 36.4 Å². The number of rotatable bonds is 6. The van der Waals surface area contributed by atoms with Crippen LogP contribution in [0.25, 0.3) is 10.2 Å². The monoisotopic (exact) mass is 439 g/mol. The van der Waals surface area contributed by atoms with Gasteiger partial charge in [-0.2, -0.15) is 0 Å². The Bertz CT molecular complexity index is 958. The molecule has 0 N–H and O–H groups in total. The molecule has 0 aliphatic heterocycles. The van der Waals surface area contributed by atoms with E-state index in [4.69, 9.17) is 16.3 Å². The number of carbonyl (C=O) groups excluding carboxylic acids is 1. The minimum absolute atomic E-state index is 0. The van der Waals surface area contributed by atoms with Gasteiger partial charge in [0.2, 0.25) is 0 Å². The van der Waals surface area contributed by atoms with Gasteiger partial charge < -0.3 is 9.64 Å². The van der Waals surface area contributed by atoms with Gasteiger partial charge in [-0.1, -0.05) is 40.6 Å². The summed E-state index contributed by atoms with van der Waals surface area (Å²) in [7, 11) is 5.56. The molecule has 0 atom stereocenters. The van der Waals surface area contributed by atoms with E-state index in [0.29, 0.717) is 33.5 Å². The number of amides is 1. The summed E-state index contributed by atoms with van der Waals surface area (Å²) < 4.78 is 6.22. The summed E-state index contributed by atoms with van der Waals surface area (Å²) in [6.45, 7) is 3.25. The summed E-state index contributed by atoms with van der Waals surface area (Å²) in [5.74, 6) is 0.568. The quantitative estimate of drug-likeness (QED) is 0.547. The fourth-order valence-corrected chi connectivity index (χ4v) is 3.94. The second kappa shape index (κ2) is 9.56. The average molecular weight is 440 g/mol. The van der Waals surface area contributed by atoms with E-state index >= 15 is 0 Å². The Kier molecular flexibility index (Phi) is 7.66. The lowest BCUT2D eigenvalue weighted by atomic mass is 10.1. The topological polar surface area (TPSA) is 45.7 Å². The highest BCUT2D eigenvalue weighted by Crippen LogP contribution is 2.39. The van der Waals surface area contributed by atoms with Crippen molar-refractivity contribution in [2.75, 3.05) is 39.2 Å². The van der Waals surface area contributed by atoms with Crippen molar-refractivity contribution in [3.63, 3.8) is 0 Å². The highest BCUT2D eigenvalue weighted by molar-refractivity contribution is 7.23. The number of aromatic nitrogens is 1. The number of ether oxygens (including phenoxy) is 1. The minimum Gasteiger partial charge on any atom is -0.494 e. The average Bonchev–Trinajstić information content (AvgIpc) is 3.08. The van der Waals surface area contributed by atoms with Crippen LogP contribution < -0.4 is 9.64 Å². The van der Waals surface area contributed by atoms with Crippen LogP contribution in [0.1, 0.15) is 15.9 Å². The number of hydrogen-bond acceptors (Lipinski definition) is 5. The number of carbonyl (C=O) groups is 1. The fourth-order valence-electron chi connectivity index (χ4n) is 2.66. The largest absolute Gasteiger partial charge is 0.494 e. The van der Waals surface area contributed by atoms with Gasteiger partial charge in [0.15, 0.2) is 5.13 Å². The summed E-state index contributed by atoms with van der Waals surface area (Å²) in [6.07, 6.45) is 0. The van der Waals surface area contributed by atoms with Gasteiger partial charge in [0.05, 0.1) is 16.8 Å². The number of hydrogen-bond donors (Lipinski definition) is 0. The minimum atomic E-state index is -0.0778. The molecular weight excluding hydrogens is 417 g/mol. The normalized spacial score (nSPS) is 10.8. The third-order valence-corrected chi connectivity index (χ3v) is 5.75. The summed E-state index contributed by atoms with van der Waals surface area (Å²) in [6, 6.07) is 11.2. The zero-order valence-electron chi connectivity index (χ0n) is 16.2. The molecule has 0 saturated heterocycles. The molecular formula is C20H23Cl2N3O2S. The zero-order valence-corrected chi connectivity index (χ0v) is 18.6. The van der Waals surface area contributed by atoms with Crippen molar-refractivity contribution < 1.29 is 9.53 Å². The van der Waals surface area contributed by atoms with E-state index in [2.05, 4.69) is 4.98 Å². The van der Waals surface area contributed by atoms with Crippen LogP contribution in [0.5, 0.6) is 5.75 Å². The molecule has 0 saturated carbocycles. The van der Waals surface area contributed by atoms with Crippen molar-refractivity contribution in [2.24, 2.45) is 0 Å². The van der Waals surface area contributed by atoms with Crippen molar-refractivity contribution in [3.05, 3.63) is 52.5 Å². The first kappa shape index (κ1) is 22.4. The Morgan fingerprint density at radius 1 is 1.14 bits per heavy atom. The van der Waals surface area contributed by atoms with E-state index in [1.165, 1.54) is 11.3 Å². The summed E-state index contributed by atoms with van der Waals surface area (Å²) in [5, 5.41) is 1.22. The van der Waals surface area contributed by atoms with Crippen LogP contribution >= 0.6 is 35.3 Å². The maximum Gasteiger partial charge on any atom is 0.260 e. The standard InChI is InChI=1S/C20H22ClN3O2S.ClH/c1-13-5-7-14(8-6-13)19(25)24(12-11-23(2)3)20-22-17-16(26-4)10-9-15(21)18(17)27-20;/h5-10H,11-12H2,1-4H3;1H. The number of fused-ring (bicyclic) bond motifs is 1. The first-order valence-electron chi connectivity index (χ1n) is 8.57. The van der Waals surface area contributed by atoms with E-state index in [0.717, 1.165) is 16.8 Å². The second-order valence-electron chi connectivity index (χ2n) is 6.55. The molecule has 150 valence electrons. The smallest absolute Gasteiger partial charge is 0.260 e. The van der Waals surface area contributed by atoms with E-state index in [1.807, 2.05) is 50.2 Å².